The highest BCUT2D eigenvalue weighted by Gasteiger charge is 2.12. The normalized spacial score (nSPS) is 11.9. The van der Waals surface area contributed by atoms with Crippen molar-refractivity contribution >= 4 is 11.0 Å². The Kier molecular flexibility index (Phi) is 2.56. The van der Waals surface area contributed by atoms with E-state index < -0.39 is 0 Å². The van der Waals surface area contributed by atoms with Crippen molar-refractivity contribution in [3.05, 3.63) is 35.6 Å². The molecule has 0 atom stereocenters. The van der Waals surface area contributed by atoms with Gasteiger partial charge in [0.15, 0.2) is 0 Å². The smallest absolute Gasteiger partial charge is 0.134 e. The summed E-state index contributed by atoms with van der Waals surface area (Å²) in [6.45, 7) is 8.95. The molecule has 0 aliphatic heterocycles. The standard InChI is InChI=1S/C14H18O/c1-9(2)12-7-11-5-6-15-14(11)8-13(12)10(3)4/h5-10H,1-4H3. The van der Waals surface area contributed by atoms with Crippen molar-refractivity contribution in [1.82, 2.24) is 0 Å². The molecule has 80 valence electrons. The molecule has 0 aliphatic rings. The minimum absolute atomic E-state index is 0.553. The van der Waals surface area contributed by atoms with E-state index in [1.165, 1.54) is 16.5 Å². The SMILES string of the molecule is CC(C)c1cc2ccoc2cc1C(C)C. The Hall–Kier alpha value is -1.24. The summed E-state index contributed by atoms with van der Waals surface area (Å²) in [6.07, 6.45) is 1.76. The van der Waals surface area contributed by atoms with Gasteiger partial charge in [0.2, 0.25) is 0 Å². The third kappa shape index (κ3) is 1.79. The lowest BCUT2D eigenvalue weighted by atomic mass is 9.90. The summed E-state index contributed by atoms with van der Waals surface area (Å²) < 4.78 is 5.44. The zero-order valence-electron chi connectivity index (χ0n) is 9.87. The summed E-state index contributed by atoms with van der Waals surface area (Å²) in [5.41, 5.74) is 3.86. The van der Waals surface area contributed by atoms with Crippen LogP contribution in [0, 0.1) is 0 Å². The van der Waals surface area contributed by atoms with Gasteiger partial charge < -0.3 is 4.42 Å². The monoisotopic (exact) mass is 202 g/mol. The Morgan fingerprint density at radius 1 is 0.933 bits per heavy atom. The highest BCUT2D eigenvalue weighted by atomic mass is 16.3. The molecule has 0 saturated heterocycles. The molecule has 0 bridgehead atoms. The van der Waals surface area contributed by atoms with Crippen LogP contribution in [-0.4, -0.2) is 0 Å². The first kappa shape index (κ1) is 10.3. The van der Waals surface area contributed by atoms with E-state index in [1.54, 1.807) is 6.26 Å². The van der Waals surface area contributed by atoms with Gasteiger partial charge in [-0.2, -0.15) is 0 Å². The minimum Gasteiger partial charge on any atom is -0.464 e. The topological polar surface area (TPSA) is 13.1 Å². The van der Waals surface area contributed by atoms with E-state index in [9.17, 15) is 0 Å². The van der Waals surface area contributed by atoms with Crippen LogP contribution in [0.15, 0.2) is 28.9 Å². The number of fused-ring (bicyclic) bond motifs is 1. The lowest BCUT2D eigenvalue weighted by Crippen LogP contribution is -1.98. The van der Waals surface area contributed by atoms with Crippen LogP contribution in [0.25, 0.3) is 11.0 Å². The van der Waals surface area contributed by atoms with Gasteiger partial charge in [0, 0.05) is 5.39 Å². The predicted molar refractivity (Wildman–Crippen MR) is 64.4 cm³/mol. The molecule has 1 aromatic carbocycles. The van der Waals surface area contributed by atoms with Gasteiger partial charge in [0.25, 0.3) is 0 Å². The van der Waals surface area contributed by atoms with Gasteiger partial charge in [0.05, 0.1) is 6.26 Å². The van der Waals surface area contributed by atoms with Crippen molar-refractivity contribution in [2.45, 2.75) is 39.5 Å². The first-order valence-corrected chi connectivity index (χ1v) is 5.60. The van der Waals surface area contributed by atoms with Gasteiger partial charge in [-0.05, 0) is 41.2 Å². The second kappa shape index (κ2) is 3.73. The van der Waals surface area contributed by atoms with Gasteiger partial charge >= 0.3 is 0 Å². The quantitative estimate of drug-likeness (QED) is 0.689. The lowest BCUT2D eigenvalue weighted by molar-refractivity contribution is 0.614. The molecule has 0 spiro atoms. The van der Waals surface area contributed by atoms with E-state index in [-0.39, 0.29) is 0 Å². The Balaban J connectivity index is 2.68. The Labute approximate surface area is 91.1 Å². The molecule has 0 aliphatic carbocycles. The fourth-order valence-corrected chi connectivity index (χ4v) is 2.04. The molecular formula is C14H18O. The van der Waals surface area contributed by atoms with Crippen molar-refractivity contribution < 1.29 is 4.42 Å². The van der Waals surface area contributed by atoms with Crippen LogP contribution in [0.1, 0.15) is 50.7 Å². The molecule has 1 heteroatoms. The second-order valence-electron chi connectivity index (χ2n) is 4.75. The van der Waals surface area contributed by atoms with Gasteiger partial charge in [-0.1, -0.05) is 27.7 Å². The molecular weight excluding hydrogens is 184 g/mol. The van der Waals surface area contributed by atoms with Crippen LogP contribution in [0.5, 0.6) is 0 Å². The van der Waals surface area contributed by atoms with Gasteiger partial charge in [-0.15, -0.1) is 0 Å². The first-order chi connectivity index (χ1) is 7.09. The molecule has 1 heterocycles. The highest BCUT2D eigenvalue weighted by Crippen LogP contribution is 2.30. The van der Waals surface area contributed by atoms with Crippen LogP contribution >= 0.6 is 0 Å². The summed E-state index contributed by atoms with van der Waals surface area (Å²) in [5.74, 6) is 1.12. The van der Waals surface area contributed by atoms with E-state index in [1.807, 2.05) is 6.07 Å². The highest BCUT2D eigenvalue weighted by molar-refractivity contribution is 5.79. The predicted octanol–water partition coefficient (Wildman–Crippen LogP) is 4.68. The first-order valence-electron chi connectivity index (χ1n) is 5.60. The van der Waals surface area contributed by atoms with Crippen molar-refractivity contribution in [2.75, 3.05) is 0 Å². The van der Waals surface area contributed by atoms with Crippen LogP contribution in [0.4, 0.5) is 0 Å². The van der Waals surface area contributed by atoms with E-state index in [2.05, 4.69) is 39.8 Å². The van der Waals surface area contributed by atoms with Gasteiger partial charge in [0.1, 0.15) is 5.58 Å². The average molecular weight is 202 g/mol. The molecule has 0 fully saturated rings. The average Bonchev–Trinajstić information content (AvgIpc) is 2.61. The fraction of sp³-hybridized carbons (Fsp3) is 0.429. The van der Waals surface area contributed by atoms with Crippen molar-refractivity contribution in [1.29, 1.82) is 0 Å². The van der Waals surface area contributed by atoms with Crippen molar-refractivity contribution in [3.8, 4) is 0 Å². The lowest BCUT2D eigenvalue weighted by Gasteiger charge is -2.15. The molecule has 1 nitrogen and oxygen atoms in total. The maximum absolute atomic E-state index is 5.44. The molecule has 2 aromatic rings. The molecule has 0 unspecified atom stereocenters. The molecule has 2 rings (SSSR count). The fourth-order valence-electron chi connectivity index (χ4n) is 2.04. The largest absolute Gasteiger partial charge is 0.464 e. The minimum atomic E-state index is 0.553. The van der Waals surface area contributed by atoms with Crippen LogP contribution < -0.4 is 0 Å². The Morgan fingerprint density at radius 3 is 2.13 bits per heavy atom. The zero-order valence-corrected chi connectivity index (χ0v) is 9.87. The maximum Gasteiger partial charge on any atom is 0.134 e. The number of benzene rings is 1. The number of hydrogen-bond acceptors (Lipinski definition) is 1. The third-order valence-corrected chi connectivity index (χ3v) is 2.90. The molecule has 0 amide bonds. The van der Waals surface area contributed by atoms with Crippen LogP contribution in [0.3, 0.4) is 0 Å². The molecule has 0 saturated carbocycles. The molecule has 0 N–H and O–H groups in total. The van der Waals surface area contributed by atoms with Crippen molar-refractivity contribution in [2.24, 2.45) is 0 Å². The van der Waals surface area contributed by atoms with Crippen molar-refractivity contribution in [3.63, 3.8) is 0 Å². The Morgan fingerprint density at radius 2 is 1.53 bits per heavy atom. The number of hydrogen-bond donors (Lipinski definition) is 0. The molecule has 15 heavy (non-hydrogen) atoms. The zero-order chi connectivity index (χ0) is 11.0. The van der Waals surface area contributed by atoms with Crippen LogP contribution in [0.2, 0.25) is 0 Å². The van der Waals surface area contributed by atoms with Gasteiger partial charge in [-0.25, -0.2) is 0 Å². The number of furan rings is 1. The summed E-state index contributed by atoms with van der Waals surface area (Å²) in [4.78, 5) is 0. The van der Waals surface area contributed by atoms with E-state index in [4.69, 9.17) is 4.42 Å². The Bertz CT molecular complexity index is 421. The summed E-state index contributed by atoms with van der Waals surface area (Å²) in [6, 6.07) is 6.49. The summed E-state index contributed by atoms with van der Waals surface area (Å²) in [7, 11) is 0. The number of rotatable bonds is 2. The van der Waals surface area contributed by atoms with Crippen LogP contribution in [-0.2, 0) is 0 Å². The summed E-state index contributed by atoms with van der Waals surface area (Å²) >= 11 is 0. The second-order valence-corrected chi connectivity index (χ2v) is 4.75. The summed E-state index contributed by atoms with van der Waals surface area (Å²) in [5, 5.41) is 1.21. The maximum atomic E-state index is 5.44. The van der Waals surface area contributed by atoms with E-state index >= 15 is 0 Å². The van der Waals surface area contributed by atoms with E-state index in [0.29, 0.717) is 11.8 Å². The molecule has 1 aromatic heterocycles. The molecule has 0 radical (unpaired) electrons. The van der Waals surface area contributed by atoms with E-state index in [0.717, 1.165) is 5.58 Å². The third-order valence-electron chi connectivity index (χ3n) is 2.90. The van der Waals surface area contributed by atoms with Gasteiger partial charge in [-0.3, -0.25) is 0 Å².